The van der Waals surface area contributed by atoms with Gasteiger partial charge in [0.15, 0.2) is 0 Å². The van der Waals surface area contributed by atoms with Crippen molar-refractivity contribution in [2.45, 2.75) is 0 Å². The van der Waals surface area contributed by atoms with E-state index < -0.39 is 0 Å². The van der Waals surface area contributed by atoms with Crippen LogP contribution in [0, 0.1) is 0 Å². The lowest BCUT2D eigenvalue weighted by molar-refractivity contribution is 1.15. The Morgan fingerprint density at radius 1 is 1.53 bits per heavy atom. The lowest BCUT2D eigenvalue weighted by Crippen LogP contribution is -2.05. The molecule has 0 aliphatic rings. The van der Waals surface area contributed by atoms with Crippen LogP contribution in [0.25, 0.3) is 10.2 Å². The van der Waals surface area contributed by atoms with Gasteiger partial charge in [-0.15, -0.1) is 11.3 Å². The molecule has 1 N–H and O–H groups in total. The van der Waals surface area contributed by atoms with Crippen molar-refractivity contribution in [3.8, 4) is 0 Å². The topological polar surface area (TPSA) is 37.8 Å². The number of hydrogen-bond donors (Lipinski definition) is 1. The van der Waals surface area contributed by atoms with Gasteiger partial charge < -0.3 is 5.32 Å². The molecule has 80 valence electrons. The van der Waals surface area contributed by atoms with E-state index >= 15 is 0 Å². The Hall–Kier alpha value is -0.520. The van der Waals surface area contributed by atoms with Crippen molar-refractivity contribution in [3.63, 3.8) is 0 Å². The van der Waals surface area contributed by atoms with Gasteiger partial charge in [0.1, 0.15) is 5.82 Å². The molecule has 2 aromatic heterocycles. The van der Waals surface area contributed by atoms with E-state index in [1.165, 1.54) is 0 Å². The molecule has 0 amide bonds. The molecule has 0 saturated heterocycles. The fourth-order valence-electron chi connectivity index (χ4n) is 1.23. The molecule has 0 spiro atoms. The maximum Gasteiger partial charge on any atom is 0.224 e. The van der Waals surface area contributed by atoms with Crippen LogP contribution in [0.15, 0.2) is 11.4 Å². The molecule has 0 radical (unpaired) electrons. The average Bonchev–Trinajstić information content (AvgIpc) is 2.65. The summed E-state index contributed by atoms with van der Waals surface area (Å²) in [6.45, 7) is 0.890. The molecule has 3 nitrogen and oxygen atoms in total. The van der Waals surface area contributed by atoms with E-state index in [2.05, 4.69) is 21.5 Å². The first-order valence-electron chi connectivity index (χ1n) is 4.45. The van der Waals surface area contributed by atoms with Crippen molar-refractivity contribution in [2.24, 2.45) is 0 Å². The molecule has 0 aliphatic carbocycles. The van der Waals surface area contributed by atoms with Crippen LogP contribution in [0.3, 0.4) is 0 Å². The van der Waals surface area contributed by atoms with Gasteiger partial charge in [-0.2, -0.15) is 16.7 Å². The third kappa shape index (κ3) is 2.53. The quantitative estimate of drug-likeness (QED) is 0.676. The highest BCUT2D eigenvalue weighted by molar-refractivity contribution is 7.98. The first-order chi connectivity index (χ1) is 7.31. The van der Waals surface area contributed by atoms with E-state index in [1.807, 2.05) is 11.4 Å². The molecule has 15 heavy (non-hydrogen) atoms. The fraction of sp³-hybridized carbons (Fsp3) is 0.333. The summed E-state index contributed by atoms with van der Waals surface area (Å²) in [5.74, 6) is 1.89. The van der Waals surface area contributed by atoms with E-state index in [0.29, 0.717) is 5.28 Å². The van der Waals surface area contributed by atoms with Crippen LogP contribution in [0.4, 0.5) is 5.82 Å². The van der Waals surface area contributed by atoms with Gasteiger partial charge in [0, 0.05) is 12.3 Å². The molecular formula is C9H10ClN3S2. The van der Waals surface area contributed by atoms with Gasteiger partial charge in [-0.25, -0.2) is 4.98 Å². The van der Waals surface area contributed by atoms with Crippen LogP contribution >= 0.6 is 34.7 Å². The number of halogens is 1. The number of fused-ring (bicyclic) bond motifs is 1. The lowest BCUT2D eigenvalue weighted by Gasteiger charge is -2.05. The van der Waals surface area contributed by atoms with Crippen molar-refractivity contribution < 1.29 is 0 Å². The molecule has 2 rings (SSSR count). The van der Waals surface area contributed by atoms with E-state index in [4.69, 9.17) is 11.6 Å². The second kappa shape index (κ2) is 5.01. The van der Waals surface area contributed by atoms with Crippen LogP contribution < -0.4 is 5.32 Å². The predicted molar refractivity (Wildman–Crippen MR) is 69.3 cm³/mol. The van der Waals surface area contributed by atoms with Crippen molar-refractivity contribution in [3.05, 3.63) is 16.7 Å². The third-order valence-corrected chi connectivity index (χ3v) is 3.57. The number of thiophene rings is 1. The van der Waals surface area contributed by atoms with Crippen LogP contribution in [-0.4, -0.2) is 28.5 Å². The van der Waals surface area contributed by atoms with E-state index in [1.54, 1.807) is 23.1 Å². The molecule has 6 heteroatoms. The monoisotopic (exact) mass is 259 g/mol. The second-order valence-corrected chi connectivity index (χ2v) is 5.14. The lowest BCUT2D eigenvalue weighted by atomic mass is 10.4. The second-order valence-electron chi connectivity index (χ2n) is 2.90. The summed E-state index contributed by atoms with van der Waals surface area (Å²) in [5.41, 5.74) is 0.909. The van der Waals surface area contributed by atoms with Gasteiger partial charge in [0.05, 0.1) is 10.2 Å². The van der Waals surface area contributed by atoms with Gasteiger partial charge >= 0.3 is 0 Å². The summed E-state index contributed by atoms with van der Waals surface area (Å²) in [4.78, 5) is 8.33. The highest BCUT2D eigenvalue weighted by atomic mass is 35.5. The van der Waals surface area contributed by atoms with E-state index in [0.717, 1.165) is 28.3 Å². The van der Waals surface area contributed by atoms with Crippen molar-refractivity contribution >= 4 is 50.7 Å². The molecule has 0 aliphatic heterocycles. The Labute approximate surface area is 101 Å². The van der Waals surface area contributed by atoms with Crippen LogP contribution in [0.5, 0.6) is 0 Å². The highest BCUT2D eigenvalue weighted by Crippen LogP contribution is 2.26. The summed E-state index contributed by atoms with van der Waals surface area (Å²) in [6.07, 6.45) is 2.08. The Morgan fingerprint density at radius 3 is 3.20 bits per heavy atom. The minimum absolute atomic E-state index is 0.299. The number of anilines is 1. The number of thioether (sulfide) groups is 1. The molecule has 0 atom stereocenters. The zero-order valence-electron chi connectivity index (χ0n) is 8.16. The van der Waals surface area contributed by atoms with Crippen LogP contribution in [-0.2, 0) is 0 Å². The van der Waals surface area contributed by atoms with Gasteiger partial charge in [0.25, 0.3) is 0 Å². The Balaban J connectivity index is 2.27. The van der Waals surface area contributed by atoms with Gasteiger partial charge in [-0.1, -0.05) is 0 Å². The van der Waals surface area contributed by atoms with Gasteiger partial charge in [-0.05, 0) is 29.3 Å². The zero-order valence-corrected chi connectivity index (χ0v) is 10.5. The smallest absolute Gasteiger partial charge is 0.224 e. The third-order valence-electron chi connectivity index (χ3n) is 1.87. The maximum atomic E-state index is 5.83. The summed E-state index contributed by atoms with van der Waals surface area (Å²) in [7, 11) is 0. The Morgan fingerprint density at radius 2 is 2.40 bits per heavy atom. The minimum atomic E-state index is 0.299. The normalized spacial score (nSPS) is 10.8. The van der Waals surface area contributed by atoms with Crippen LogP contribution in [0.1, 0.15) is 0 Å². The SMILES string of the molecule is CSCCNc1nc(Cl)nc2ccsc12. The van der Waals surface area contributed by atoms with Crippen molar-refractivity contribution in [1.82, 2.24) is 9.97 Å². The number of nitrogens with one attached hydrogen (secondary N) is 1. The first-order valence-corrected chi connectivity index (χ1v) is 7.10. The molecule has 2 aromatic rings. The summed E-state index contributed by atoms with van der Waals surface area (Å²) in [5, 5.41) is 5.56. The molecular weight excluding hydrogens is 250 g/mol. The predicted octanol–water partition coefficient (Wildman–Crippen LogP) is 3.12. The standard InChI is InChI=1S/C9H10ClN3S2/c1-14-5-3-11-8-7-6(2-4-15-7)12-9(10)13-8/h2,4H,3,5H2,1H3,(H,11,12,13). The highest BCUT2D eigenvalue weighted by Gasteiger charge is 2.06. The summed E-state index contributed by atoms with van der Waals surface area (Å²) < 4.78 is 1.07. The van der Waals surface area contributed by atoms with Crippen molar-refractivity contribution in [1.29, 1.82) is 0 Å². The van der Waals surface area contributed by atoms with Gasteiger partial charge in [-0.3, -0.25) is 0 Å². The maximum absolute atomic E-state index is 5.83. The fourth-order valence-corrected chi connectivity index (χ4v) is 2.51. The summed E-state index contributed by atoms with van der Waals surface area (Å²) >= 11 is 9.26. The van der Waals surface area contributed by atoms with Gasteiger partial charge in [0.2, 0.25) is 5.28 Å². The molecule has 2 heterocycles. The molecule has 0 bridgehead atoms. The number of nitrogens with zero attached hydrogens (tertiary/aromatic N) is 2. The molecule has 0 fully saturated rings. The average molecular weight is 260 g/mol. The van der Waals surface area contributed by atoms with Crippen molar-refractivity contribution in [2.75, 3.05) is 23.9 Å². The molecule has 0 saturated carbocycles. The largest absolute Gasteiger partial charge is 0.368 e. The zero-order chi connectivity index (χ0) is 10.7. The van der Waals surface area contributed by atoms with E-state index in [-0.39, 0.29) is 0 Å². The number of hydrogen-bond acceptors (Lipinski definition) is 5. The summed E-state index contributed by atoms with van der Waals surface area (Å²) in [6, 6.07) is 1.95. The van der Waals surface area contributed by atoms with Crippen LogP contribution in [0.2, 0.25) is 5.28 Å². The number of rotatable bonds is 4. The first kappa shape index (κ1) is 11.0. The van der Waals surface area contributed by atoms with E-state index in [9.17, 15) is 0 Å². The number of aromatic nitrogens is 2. The molecule has 0 unspecified atom stereocenters. The molecule has 0 aromatic carbocycles. The Kier molecular flexibility index (Phi) is 3.66. The minimum Gasteiger partial charge on any atom is -0.368 e. The Bertz CT molecular complexity index is 458.